The molecule has 19 heavy (non-hydrogen) atoms. The van der Waals surface area contributed by atoms with Crippen LogP contribution in [0.25, 0.3) is 0 Å². The maximum absolute atomic E-state index is 11.2. The minimum Gasteiger partial charge on any atom is -0.398 e. The van der Waals surface area contributed by atoms with E-state index in [-0.39, 0.29) is 10.6 Å². The van der Waals surface area contributed by atoms with Crippen LogP contribution in [0.15, 0.2) is 57.2 Å². The number of nitrogen functional groups attached to an aromatic ring is 1. The molecule has 4 nitrogen and oxygen atoms in total. The van der Waals surface area contributed by atoms with Gasteiger partial charge in [-0.15, -0.1) is 0 Å². The van der Waals surface area contributed by atoms with Crippen molar-refractivity contribution in [2.24, 2.45) is 5.14 Å². The standard InChI is InChI=1S/C12H11ClN2O2S2/c13-8-2-1-3-9(6-8)18-10-4-5-12(11(14)7-10)19(15,16)17/h1-7H,14H2,(H2,15,16,17). The van der Waals surface area contributed by atoms with E-state index in [4.69, 9.17) is 22.5 Å². The first kappa shape index (κ1) is 14.2. The van der Waals surface area contributed by atoms with Gasteiger partial charge < -0.3 is 5.73 Å². The Morgan fingerprint density at radius 3 is 2.32 bits per heavy atom. The van der Waals surface area contributed by atoms with E-state index in [2.05, 4.69) is 0 Å². The number of halogens is 1. The number of primary sulfonamides is 1. The zero-order valence-corrected chi connectivity index (χ0v) is 12.1. The summed E-state index contributed by atoms with van der Waals surface area (Å²) < 4.78 is 22.5. The van der Waals surface area contributed by atoms with Gasteiger partial charge in [0.2, 0.25) is 10.0 Å². The van der Waals surface area contributed by atoms with Crippen molar-refractivity contribution < 1.29 is 8.42 Å². The lowest BCUT2D eigenvalue weighted by Crippen LogP contribution is -2.14. The van der Waals surface area contributed by atoms with Crippen LogP contribution < -0.4 is 10.9 Å². The lowest BCUT2D eigenvalue weighted by atomic mass is 10.3. The monoisotopic (exact) mass is 314 g/mol. The minimum atomic E-state index is -3.79. The predicted molar refractivity (Wildman–Crippen MR) is 77.8 cm³/mol. The molecule has 0 aliphatic carbocycles. The van der Waals surface area contributed by atoms with Crippen molar-refractivity contribution >= 4 is 39.1 Å². The largest absolute Gasteiger partial charge is 0.398 e. The van der Waals surface area contributed by atoms with Crippen molar-refractivity contribution in [1.29, 1.82) is 0 Å². The van der Waals surface area contributed by atoms with E-state index in [1.54, 1.807) is 18.2 Å². The summed E-state index contributed by atoms with van der Waals surface area (Å²) in [7, 11) is -3.79. The number of rotatable bonds is 3. The molecule has 0 amide bonds. The minimum absolute atomic E-state index is 0.0667. The lowest BCUT2D eigenvalue weighted by Gasteiger charge is -2.06. The highest BCUT2D eigenvalue weighted by Crippen LogP contribution is 2.32. The molecule has 0 bridgehead atoms. The SMILES string of the molecule is Nc1cc(Sc2cccc(Cl)c2)ccc1S(N)(=O)=O. The summed E-state index contributed by atoms with van der Waals surface area (Å²) in [6.07, 6.45) is 0. The number of hydrogen-bond donors (Lipinski definition) is 2. The summed E-state index contributed by atoms with van der Waals surface area (Å²) in [6, 6.07) is 12.0. The Hall–Kier alpha value is -1.21. The van der Waals surface area contributed by atoms with Crippen molar-refractivity contribution in [2.75, 3.05) is 5.73 Å². The topological polar surface area (TPSA) is 86.2 Å². The van der Waals surface area contributed by atoms with E-state index in [1.807, 2.05) is 18.2 Å². The molecule has 2 aromatic carbocycles. The quantitative estimate of drug-likeness (QED) is 0.853. The van der Waals surface area contributed by atoms with E-state index in [1.165, 1.54) is 17.8 Å². The maximum Gasteiger partial charge on any atom is 0.240 e. The Labute approximate surface area is 120 Å². The van der Waals surface area contributed by atoms with Gasteiger partial charge in [-0.1, -0.05) is 29.4 Å². The molecule has 4 N–H and O–H groups in total. The van der Waals surface area contributed by atoms with Crippen molar-refractivity contribution in [2.45, 2.75) is 14.7 Å². The van der Waals surface area contributed by atoms with Gasteiger partial charge in [0.05, 0.1) is 5.69 Å². The summed E-state index contributed by atoms with van der Waals surface area (Å²) in [5, 5.41) is 5.69. The molecular formula is C12H11ClN2O2S2. The Balaban J connectivity index is 2.31. The molecule has 7 heteroatoms. The van der Waals surface area contributed by atoms with E-state index in [0.29, 0.717) is 5.02 Å². The van der Waals surface area contributed by atoms with Gasteiger partial charge in [0.15, 0.2) is 0 Å². The van der Waals surface area contributed by atoms with Crippen molar-refractivity contribution in [3.63, 3.8) is 0 Å². The molecule has 0 heterocycles. The van der Waals surface area contributed by atoms with Gasteiger partial charge in [-0.25, -0.2) is 13.6 Å². The fourth-order valence-electron chi connectivity index (χ4n) is 1.52. The van der Waals surface area contributed by atoms with Gasteiger partial charge in [0, 0.05) is 14.8 Å². The summed E-state index contributed by atoms with van der Waals surface area (Å²) in [5.41, 5.74) is 5.83. The van der Waals surface area contributed by atoms with E-state index < -0.39 is 10.0 Å². The van der Waals surface area contributed by atoms with Crippen LogP contribution >= 0.6 is 23.4 Å². The second kappa shape index (κ2) is 5.42. The van der Waals surface area contributed by atoms with Gasteiger partial charge in [0.25, 0.3) is 0 Å². The van der Waals surface area contributed by atoms with Crippen LogP contribution in [0.5, 0.6) is 0 Å². The molecule has 0 atom stereocenters. The Kier molecular flexibility index (Phi) is 4.05. The zero-order chi connectivity index (χ0) is 14.0. The average molecular weight is 315 g/mol. The Bertz CT molecular complexity index is 717. The highest BCUT2D eigenvalue weighted by Gasteiger charge is 2.12. The second-order valence-corrected chi connectivity index (χ2v) is 6.92. The number of nitrogens with two attached hydrogens (primary N) is 2. The molecule has 0 saturated heterocycles. The molecule has 0 radical (unpaired) electrons. The number of sulfonamides is 1. The third kappa shape index (κ3) is 3.63. The number of anilines is 1. The molecule has 2 aromatic rings. The smallest absolute Gasteiger partial charge is 0.240 e. The fourth-order valence-corrected chi connectivity index (χ4v) is 3.34. The first-order valence-electron chi connectivity index (χ1n) is 5.22. The molecule has 100 valence electrons. The Morgan fingerprint density at radius 1 is 1.05 bits per heavy atom. The highest BCUT2D eigenvalue weighted by molar-refractivity contribution is 7.99. The maximum atomic E-state index is 11.2. The van der Waals surface area contributed by atoms with Gasteiger partial charge in [-0.3, -0.25) is 0 Å². The molecule has 0 spiro atoms. The summed E-state index contributed by atoms with van der Waals surface area (Å²) in [4.78, 5) is 1.69. The van der Waals surface area contributed by atoms with Crippen molar-refractivity contribution in [1.82, 2.24) is 0 Å². The number of hydrogen-bond acceptors (Lipinski definition) is 4. The molecular weight excluding hydrogens is 304 g/mol. The zero-order valence-electron chi connectivity index (χ0n) is 9.71. The summed E-state index contributed by atoms with van der Waals surface area (Å²) in [6.45, 7) is 0. The molecule has 0 unspecified atom stereocenters. The van der Waals surface area contributed by atoms with Crippen LogP contribution in [0.4, 0.5) is 5.69 Å². The van der Waals surface area contributed by atoms with Gasteiger partial charge in [-0.2, -0.15) is 0 Å². The van der Waals surface area contributed by atoms with Gasteiger partial charge in [-0.05, 0) is 36.4 Å². The molecule has 0 fully saturated rings. The molecule has 2 rings (SSSR count). The normalized spacial score (nSPS) is 11.5. The van der Waals surface area contributed by atoms with E-state index >= 15 is 0 Å². The van der Waals surface area contributed by atoms with E-state index in [9.17, 15) is 8.42 Å². The lowest BCUT2D eigenvalue weighted by molar-refractivity contribution is 0.598. The van der Waals surface area contributed by atoms with Gasteiger partial charge >= 0.3 is 0 Å². The number of benzene rings is 2. The molecule has 0 saturated carbocycles. The third-order valence-corrected chi connectivity index (χ3v) is 4.52. The van der Waals surface area contributed by atoms with Crippen molar-refractivity contribution in [3.8, 4) is 0 Å². The first-order chi connectivity index (χ1) is 8.86. The summed E-state index contributed by atoms with van der Waals surface area (Å²) in [5.74, 6) is 0. The van der Waals surface area contributed by atoms with Crippen LogP contribution in [-0.4, -0.2) is 8.42 Å². The average Bonchev–Trinajstić information content (AvgIpc) is 2.27. The molecule has 0 aliphatic heterocycles. The predicted octanol–water partition coefficient (Wildman–Crippen LogP) is 2.72. The highest BCUT2D eigenvalue weighted by atomic mass is 35.5. The molecule has 0 aromatic heterocycles. The Morgan fingerprint density at radius 2 is 1.74 bits per heavy atom. The fraction of sp³-hybridized carbons (Fsp3) is 0. The van der Waals surface area contributed by atoms with Gasteiger partial charge in [0.1, 0.15) is 4.90 Å². The van der Waals surface area contributed by atoms with Crippen LogP contribution in [-0.2, 0) is 10.0 Å². The second-order valence-electron chi connectivity index (χ2n) is 3.80. The molecule has 0 aliphatic rings. The van der Waals surface area contributed by atoms with Crippen LogP contribution in [0.1, 0.15) is 0 Å². The third-order valence-electron chi connectivity index (χ3n) is 2.32. The summed E-state index contributed by atoms with van der Waals surface area (Å²) >= 11 is 7.33. The van der Waals surface area contributed by atoms with Crippen LogP contribution in [0.2, 0.25) is 5.02 Å². The van der Waals surface area contributed by atoms with Crippen LogP contribution in [0.3, 0.4) is 0 Å². The van der Waals surface area contributed by atoms with E-state index in [0.717, 1.165) is 9.79 Å². The van der Waals surface area contributed by atoms with Crippen molar-refractivity contribution in [3.05, 3.63) is 47.5 Å². The first-order valence-corrected chi connectivity index (χ1v) is 7.96. The van der Waals surface area contributed by atoms with Crippen LogP contribution in [0, 0.1) is 0 Å².